The number of carbonyl (C=O) groups excluding carboxylic acids is 1. The lowest BCUT2D eigenvalue weighted by Crippen LogP contribution is -2.40. The second kappa shape index (κ2) is 6.53. The highest BCUT2D eigenvalue weighted by molar-refractivity contribution is 5.75. The quantitative estimate of drug-likeness (QED) is 0.733. The van der Waals surface area contributed by atoms with E-state index in [0.717, 1.165) is 19.0 Å². The highest BCUT2D eigenvalue weighted by atomic mass is 16.2. The standard InChI is InChI=1S/C14H27N3O/c1-16(2)14(18)7-9-17(10-12-5-6-12)11-13-4-3-8-15-13/h12-13,15H,3-11H2,1-2H3. The van der Waals surface area contributed by atoms with Gasteiger partial charge in [0, 0.05) is 46.2 Å². The van der Waals surface area contributed by atoms with E-state index < -0.39 is 0 Å². The monoisotopic (exact) mass is 253 g/mol. The van der Waals surface area contributed by atoms with Gasteiger partial charge >= 0.3 is 0 Å². The summed E-state index contributed by atoms with van der Waals surface area (Å²) in [5, 5.41) is 3.55. The van der Waals surface area contributed by atoms with E-state index in [2.05, 4.69) is 10.2 Å². The zero-order valence-corrected chi connectivity index (χ0v) is 11.8. The molecule has 1 saturated carbocycles. The minimum Gasteiger partial charge on any atom is -0.349 e. The lowest BCUT2D eigenvalue weighted by atomic mass is 10.2. The molecular weight excluding hydrogens is 226 g/mol. The van der Waals surface area contributed by atoms with Crippen LogP contribution in [-0.2, 0) is 4.79 Å². The van der Waals surface area contributed by atoms with Crippen LogP contribution >= 0.6 is 0 Å². The Kier molecular flexibility index (Phi) is 5.01. The molecule has 4 nitrogen and oxygen atoms in total. The molecular formula is C14H27N3O. The van der Waals surface area contributed by atoms with E-state index in [0.29, 0.717) is 12.5 Å². The van der Waals surface area contributed by atoms with Crippen LogP contribution in [0.5, 0.6) is 0 Å². The number of rotatable bonds is 7. The van der Waals surface area contributed by atoms with E-state index in [9.17, 15) is 4.79 Å². The fourth-order valence-electron chi connectivity index (χ4n) is 2.62. The molecule has 0 radical (unpaired) electrons. The molecule has 1 aliphatic heterocycles. The molecule has 0 aromatic rings. The van der Waals surface area contributed by atoms with Gasteiger partial charge in [0.25, 0.3) is 0 Å². The van der Waals surface area contributed by atoms with Gasteiger partial charge in [0.2, 0.25) is 5.91 Å². The maximum atomic E-state index is 11.7. The molecule has 1 saturated heterocycles. The van der Waals surface area contributed by atoms with E-state index in [-0.39, 0.29) is 5.91 Å². The molecule has 1 atom stereocenters. The van der Waals surface area contributed by atoms with Crippen molar-refractivity contribution in [2.45, 2.75) is 38.1 Å². The summed E-state index contributed by atoms with van der Waals surface area (Å²) in [6.45, 7) is 4.40. The Balaban J connectivity index is 1.74. The minimum absolute atomic E-state index is 0.246. The summed E-state index contributed by atoms with van der Waals surface area (Å²) >= 11 is 0. The first kappa shape index (κ1) is 13.8. The molecule has 1 heterocycles. The number of hydrogen-bond acceptors (Lipinski definition) is 3. The van der Waals surface area contributed by atoms with Crippen molar-refractivity contribution in [1.82, 2.24) is 15.1 Å². The van der Waals surface area contributed by atoms with Crippen LogP contribution < -0.4 is 5.32 Å². The van der Waals surface area contributed by atoms with Gasteiger partial charge in [-0.05, 0) is 38.1 Å². The lowest BCUT2D eigenvalue weighted by Gasteiger charge is -2.26. The number of amides is 1. The zero-order chi connectivity index (χ0) is 13.0. The summed E-state index contributed by atoms with van der Waals surface area (Å²) in [4.78, 5) is 15.9. The first-order valence-corrected chi connectivity index (χ1v) is 7.31. The van der Waals surface area contributed by atoms with Crippen molar-refractivity contribution < 1.29 is 4.79 Å². The molecule has 1 N–H and O–H groups in total. The van der Waals surface area contributed by atoms with Crippen molar-refractivity contribution in [3.63, 3.8) is 0 Å². The van der Waals surface area contributed by atoms with Crippen molar-refractivity contribution in [2.24, 2.45) is 5.92 Å². The SMILES string of the molecule is CN(C)C(=O)CCN(CC1CC1)CC1CCCN1. The van der Waals surface area contributed by atoms with Gasteiger partial charge in [-0.1, -0.05) is 0 Å². The van der Waals surface area contributed by atoms with Crippen LogP contribution in [0.3, 0.4) is 0 Å². The van der Waals surface area contributed by atoms with Gasteiger partial charge in [-0.3, -0.25) is 4.79 Å². The van der Waals surface area contributed by atoms with Gasteiger partial charge in [-0.15, -0.1) is 0 Å². The molecule has 18 heavy (non-hydrogen) atoms. The molecule has 1 unspecified atom stereocenters. The van der Waals surface area contributed by atoms with Crippen LogP contribution in [0.15, 0.2) is 0 Å². The predicted molar refractivity (Wildman–Crippen MR) is 73.5 cm³/mol. The number of nitrogens with one attached hydrogen (secondary N) is 1. The van der Waals surface area contributed by atoms with E-state index in [1.54, 1.807) is 4.90 Å². The molecule has 2 rings (SSSR count). The molecule has 4 heteroatoms. The van der Waals surface area contributed by atoms with Gasteiger partial charge in [-0.2, -0.15) is 0 Å². The molecule has 0 aromatic carbocycles. The summed E-state index contributed by atoms with van der Waals surface area (Å²) in [5.41, 5.74) is 0. The number of carbonyl (C=O) groups is 1. The average molecular weight is 253 g/mol. The Labute approximate surface area is 111 Å². The maximum Gasteiger partial charge on any atom is 0.223 e. The minimum atomic E-state index is 0.246. The van der Waals surface area contributed by atoms with Crippen LogP contribution in [0.2, 0.25) is 0 Å². The van der Waals surface area contributed by atoms with Gasteiger partial charge < -0.3 is 15.1 Å². The Bertz CT molecular complexity index is 270. The van der Waals surface area contributed by atoms with Crippen molar-refractivity contribution in [3.05, 3.63) is 0 Å². The van der Waals surface area contributed by atoms with Crippen LogP contribution in [-0.4, -0.2) is 62.0 Å². The average Bonchev–Trinajstić information content (AvgIpc) is 3.00. The van der Waals surface area contributed by atoms with Crippen molar-refractivity contribution in [1.29, 1.82) is 0 Å². The van der Waals surface area contributed by atoms with Crippen LogP contribution in [0.25, 0.3) is 0 Å². The van der Waals surface area contributed by atoms with Crippen LogP contribution in [0.4, 0.5) is 0 Å². The second-order valence-electron chi connectivity index (χ2n) is 6.03. The first-order chi connectivity index (χ1) is 8.65. The highest BCUT2D eigenvalue weighted by Crippen LogP contribution is 2.30. The fourth-order valence-corrected chi connectivity index (χ4v) is 2.62. The topological polar surface area (TPSA) is 35.6 Å². The summed E-state index contributed by atoms with van der Waals surface area (Å²) in [5.74, 6) is 1.15. The van der Waals surface area contributed by atoms with E-state index in [4.69, 9.17) is 0 Å². The molecule has 1 amide bonds. The predicted octanol–water partition coefficient (Wildman–Crippen LogP) is 0.929. The molecule has 1 aliphatic carbocycles. The van der Waals surface area contributed by atoms with E-state index >= 15 is 0 Å². The van der Waals surface area contributed by atoms with Crippen LogP contribution in [0.1, 0.15) is 32.1 Å². The van der Waals surface area contributed by atoms with Crippen LogP contribution in [0, 0.1) is 5.92 Å². The Morgan fingerprint density at radius 2 is 2.00 bits per heavy atom. The van der Waals surface area contributed by atoms with Gasteiger partial charge in [0.1, 0.15) is 0 Å². The first-order valence-electron chi connectivity index (χ1n) is 7.31. The molecule has 0 spiro atoms. The summed E-state index contributed by atoms with van der Waals surface area (Å²) in [6, 6.07) is 0.651. The third kappa shape index (κ3) is 4.58. The number of nitrogens with zero attached hydrogens (tertiary/aromatic N) is 2. The Morgan fingerprint density at radius 3 is 2.56 bits per heavy atom. The van der Waals surface area contributed by atoms with E-state index in [1.165, 1.54) is 38.8 Å². The summed E-state index contributed by atoms with van der Waals surface area (Å²) in [6.07, 6.45) is 6.03. The Morgan fingerprint density at radius 1 is 1.22 bits per heavy atom. The molecule has 104 valence electrons. The molecule has 0 bridgehead atoms. The maximum absolute atomic E-state index is 11.7. The molecule has 0 aromatic heterocycles. The zero-order valence-electron chi connectivity index (χ0n) is 11.8. The largest absolute Gasteiger partial charge is 0.349 e. The van der Waals surface area contributed by atoms with Gasteiger partial charge in [-0.25, -0.2) is 0 Å². The normalized spacial score (nSPS) is 23.6. The smallest absolute Gasteiger partial charge is 0.223 e. The molecule has 2 fully saturated rings. The Hall–Kier alpha value is -0.610. The summed E-state index contributed by atoms with van der Waals surface area (Å²) in [7, 11) is 3.68. The summed E-state index contributed by atoms with van der Waals surface area (Å²) < 4.78 is 0. The van der Waals surface area contributed by atoms with Crippen molar-refractivity contribution in [2.75, 3.05) is 40.3 Å². The van der Waals surface area contributed by atoms with Gasteiger partial charge in [0.15, 0.2) is 0 Å². The number of hydrogen-bond donors (Lipinski definition) is 1. The van der Waals surface area contributed by atoms with E-state index in [1.807, 2.05) is 14.1 Å². The third-order valence-corrected chi connectivity index (χ3v) is 3.99. The van der Waals surface area contributed by atoms with Gasteiger partial charge in [0.05, 0.1) is 0 Å². The molecule has 2 aliphatic rings. The highest BCUT2D eigenvalue weighted by Gasteiger charge is 2.26. The third-order valence-electron chi connectivity index (χ3n) is 3.99. The van der Waals surface area contributed by atoms with Crippen molar-refractivity contribution in [3.8, 4) is 0 Å². The lowest BCUT2D eigenvalue weighted by molar-refractivity contribution is -0.129. The fraction of sp³-hybridized carbons (Fsp3) is 0.929. The second-order valence-corrected chi connectivity index (χ2v) is 6.03. The van der Waals surface area contributed by atoms with Crippen molar-refractivity contribution >= 4 is 5.91 Å².